The average molecular weight is 248 g/mol. The van der Waals surface area contributed by atoms with Crippen LogP contribution >= 0.6 is 0 Å². The normalized spacial score (nSPS) is 19.3. The Hall–Kier alpha value is -1.55. The number of rotatable bonds is 3. The highest BCUT2D eigenvalue weighted by Gasteiger charge is 2.16. The zero-order valence-electron chi connectivity index (χ0n) is 11.0. The first-order valence-electron chi connectivity index (χ1n) is 6.37. The highest BCUT2D eigenvalue weighted by Crippen LogP contribution is 2.19. The first-order valence-corrected chi connectivity index (χ1v) is 6.37. The van der Waals surface area contributed by atoms with E-state index in [0.717, 1.165) is 37.2 Å². The minimum absolute atomic E-state index is 0.0259. The van der Waals surface area contributed by atoms with Crippen molar-refractivity contribution < 1.29 is 9.53 Å². The fraction of sp³-hybridized carbons (Fsp3) is 0.500. The van der Waals surface area contributed by atoms with E-state index in [1.165, 1.54) is 0 Å². The van der Waals surface area contributed by atoms with Crippen LogP contribution in [0.4, 0.5) is 0 Å². The maximum absolute atomic E-state index is 12.1. The molecule has 98 valence electrons. The molecule has 1 aliphatic heterocycles. The highest BCUT2D eigenvalue weighted by atomic mass is 16.5. The number of hydrogen-bond donors (Lipinski definition) is 2. The Bertz CT molecular complexity index is 426. The second-order valence-electron chi connectivity index (χ2n) is 4.70. The number of hydrogen-bond acceptors (Lipinski definition) is 3. The number of carbonyl (C=O) groups excluding carboxylic acids is 1. The fourth-order valence-electron chi connectivity index (χ4n) is 2.20. The Morgan fingerprint density at radius 1 is 1.50 bits per heavy atom. The SMILES string of the molecule is COc1cc(C(=O)N[C@H]2CCCNC2)ccc1C. The molecule has 1 amide bonds. The van der Waals surface area contributed by atoms with E-state index in [-0.39, 0.29) is 11.9 Å². The molecule has 1 fully saturated rings. The standard InChI is InChI=1S/C14H20N2O2/c1-10-5-6-11(8-13(10)18-2)14(17)16-12-4-3-7-15-9-12/h5-6,8,12,15H,3-4,7,9H2,1-2H3,(H,16,17)/t12-/m0/s1. The monoisotopic (exact) mass is 248 g/mol. The van der Waals surface area contributed by atoms with E-state index in [4.69, 9.17) is 4.74 Å². The summed E-state index contributed by atoms with van der Waals surface area (Å²) < 4.78 is 5.23. The molecule has 1 heterocycles. The summed E-state index contributed by atoms with van der Waals surface area (Å²) in [4.78, 5) is 12.1. The molecule has 2 N–H and O–H groups in total. The molecule has 1 aromatic rings. The summed E-state index contributed by atoms with van der Waals surface area (Å²) in [6.45, 7) is 3.87. The first-order chi connectivity index (χ1) is 8.70. The van der Waals surface area contributed by atoms with Gasteiger partial charge in [-0.3, -0.25) is 4.79 Å². The second-order valence-corrected chi connectivity index (χ2v) is 4.70. The Kier molecular flexibility index (Phi) is 4.20. The van der Waals surface area contributed by atoms with Crippen LogP contribution in [0.25, 0.3) is 0 Å². The lowest BCUT2D eigenvalue weighted by Gasteiger charge is -2.23. The fourth-order valence-corrected chi connectivity index (χ4v) is 2.20. The van der Waals surface area contributed by atoms with E-state index in [1.54, 1.807) is 13.2 Å². The van der Waals surface area contributed by atoms with Gasteiger partial charge in [0.2, 0.25) is 0 Å². The Morgan fingerprint density at radius 2 is 2.33 bits per heavy atom. The third-order valence-corrected chi connectivity index (χ3v) is 3.30. The summed E-state index contributed by atoms with van der Waals surface area (Å²) in [6, 6.07) is 5.77. The lowest BCUT2D eigenvalue weighted by atomic mass is 10.1. The predicted molar refractivity (Wildman–Crippen MR) is 71.1 cm³/mol. The average Bonchev–Trinajstić information content (AvgIpc) is 2.40. The summed E-state index contributed by atoms with van der Waals surface area (Å²) in [5, 5.41) is 6.33. The quantitative estimate of drug-likeness (QED) is 0.852. The van der Waals surface area contributed by atoms with Crippen LogP contribution in [0.1, 0.15) is 28.8 Å². The van der Waals surface area contributed by atoms with Gasteiger partial charge in [-0.25, -0.2) is 0 Å². The zero-order valence-corrected chi connectivity index (χ0v) is 11.0. The van der Waals surface area contributed by atoms with Gasteiger partial charge in [-0.15, -0.1) is 0 Å². The summed E-state index contributed by atoms with van der Waals surface area (Å²) in [5.41, 5.74) is 1.69. The van der Waals surface area contributed by atoms with Crippen LogP contribution in [0.3, 0.4) is 0 Å². The maximum atomic E-state index is 12.1. The minimum atomic E-state index is -0.0259. The maximum Gasteiger partial charge on any atom is 0.251 e. The molecule has 1 aliphatic rings. The Labute approximate surface area is 108 Å². The first kappa shape index (κ1) is 12.9. The number of amides is 1. The molecule has 0 aromatic heterocycles. The lowest BCUT2D eigenvalue weighted by Crippen LogP contribution is -2.45. The van der Waals surface area contributed by atoms with Gasteiger partial charge < -0.3 is 15.4 Å². The zero-order chi connectivity index (χ0) is 13.0. The second kappa shape index (κ2) is 5.87. The van der Waals surface area contributed by atoms with E-state index >= 15 is 0 Å². The number of nitrogens with one attached hydrogen (secondary N) is 2. The molecule has 18 heavy (non-hydrogen) atoms. The van der Waals surface area contributed by atoms with Gasteiger partial charge in [-0.05, 0) is 44.0 Å². The largest absolute Gasteiger partial charge is 0.496 e. The molecule has 1 saturated heterocycles. The van der Waals surface area contributed by atoms with Crippen molar-refractivity contribution in [1.29, 1.82) is 0 Å². The van der Waals surface area contributed by atoms with Gasteiger partial charge in [0.05, 0.1) is 7.11 Å². The molecule has 0 radical (unpaired) electrons. The van der Waals surface area contributed by atoms with Crippen LogP contribution in [-0.4, -0.2) is 32.1 Å². The van der Waals surface area contributed by atoms with Gasteiger partial charge in [-0.1, -0.05) is 6.07 Å². The van der Waals surface area contributed by atoms with Crippen molar-refractivity contribution in [2.24, 2.45) is 0 Å². The molecule has 0 bridgehead atoms. The lowest BCUT2D eigenvalue weighted by molar-refractivity contribution is 0.0930. The van der Waals surface area contributed by atoms with Gasteiger partial charge in [0, 0.05) is 18.2 Å². The molecule has 1 aromatic carbocycles. The minimum Gasteiger partial charge on any atom is -0.496 e. The summed E-state index contributed by atoms with van der Waals surface area (Å²) in [7, 11) is 1.62. The summed E-state index contributed by atoms with van der Waals surface area (Å²) in [5.74, 6) is 0.728. The highest BCUT2D eigenvalue weighted by molar-refractivity contribution is 5.94. The van der Waals surface area contributed by atoms with Crippen LogP contribution in [0.2, 0.25) is 0 Å². The summed E-state index contributed by atoms with van der Waals surface area (Å²) >= 11 is 0. The molecule has 0 saturated carbocycles. The number of ether oxygens (including phenoxy) is 1. The topological polar surface area (TPSA) is 50.4 Å². The van der Waals surface area contributed by atoms with Gasteiger partial charge in [0.25, 0.3) is 5.91 Å². The van der Waals surface area contributed by atoms with Gasteiger partial charge in [-0.2, -0.15) is 0 Å². The molecular weight excluding hydrogens is 228 g/mol. The predicted octanol–water partition coefficient (Wildman–Crippen LogP) is 1.49. The van der Waals surface area contributed by atoms with E-state index in [2.05, 4.69) is 10.6 Å². The third kappa shape index (κ3) is 3.01. The molecule has 0 unspecified atom stereocenters. The molecule has 4 nitrogen and oxygen atoms in total. The van der Waals surface area contributed by atoms with Gasteiger partial charge >= 0.3 is 0 Å². The third-order valence-electron chi connectivity index (χ3n) is 3.30. The molecular formula is C14H20N2O2. The molecule has 0 spiro atoms. The molecule has 1 atom stereocenters. The van der Waals surface area contributed by atoms with E-state index in [1.807, 2.05) is 19.1 Å². The van der Waals surface area contributed by atoms with Crippen molar-refractivity contribution in [2.75, 3.05) is 20.2 Å². The van der Waals surface area contributed by atoms with Gasteiger partial charge in [0.1, 0.15) is 5.75 Å². The van der Waals surface area contributed by atoms with Crippen LogP contribution in [-0.2, 0) is 0 Å². The Balaban J connectivity index is 2.03. The molecule has 4 heteroatoms. The number of benzene rings is 1. The van der Waals surface area contributed by atoms with E-state index in [0.29, 0.717) is 5.56 Å². The number of aryl methyl sites for hydroxylation is 1. The van der Waals surface area contributed by atoms with Crippen molar-refractivity contribution in [2.45, 2.75) is 25.8 Å². The van der Waals surface area contributed by atoms with Crippen LogP contribution in [0, 0.1) is 6.92 Å². The van der Waals surface area contributed by atoms with Crippen molar-refractivity contribution >= 4 is 5.91 Å². The van der Waals surface area contributed by atoms with Crippen LogP contribution in [0.5, 0.6) is 5.75 Å². The van der Waals surface area contributed by atoms with Gasteiger partial charge in [0.15, 0.2) is 0 Å². The smallest absolute Gasteiger partial charge is 0.251 e. The number of methoxy groups -OCH3 is 1. The van der Waals surface area contributed by atoms with Crippen LogP contribution in [0.15, 0.2) is 18.2 Å². The molecule has 2 rings (SSSR count). The van der Waals surface area contributed by atoms with Crippen molar-refractivity contribution in [3.05, 3.63) is 29.3 Å². The van der Waals surface area contributed by atoms with Crippen molar-refractivity contribution in [3.63, 3.8) is 0 Å². The van der Waals surface area contributed by atoms with E-state index in [9.17, 15) is 4.79 Å². The Morgan fingerprint density at radius 3 is 3.00 bits per heavy atom. The van der Waals surface area contributed by atoms with Crippen molar-refractivity contribution in [3.8, 4) is 5.75 Å². The number of piperidine rings is 1. The molecule has 0 aliphatic carbocycles. The van der Waals surface area contributed by atoms with E-state index < -0.39 is 0 Å². The summed E-state index contributed by atoms with van der Waals surface area (Å²) in [6.07, 6.45) is 2.16. The number of carbonyl (C=O) groups is 1. The van der Waals surface area contributed by atoms with Crippen molar-refractivity contribution in [1.82, 2.24) is 10.6 Å². The van der Waals surface area contributed by atoms with Crippen LogP contribution < -0.4 is 15.4 Å².